The van der Waals surface area contributed by atoms with Crippen LogP contribution in [0.4, 0.5) is 10.1 Å². The van der Waals surface area contributed by atoms with Gasteiger partial charge in [0.15, 0.2) is 11.5 Å². The number of amides is 1. The lowest BCUT2D eigenvalue weighted by molar-refractivity contribution is 0.102. The Balaban J connectivity index is 1.88. The van der Waals surface area contributed by atoms with Crippen LogP contribution in [0.15, 0.2) is 34.9 Å². The van der Waals surface area contributed by atoms with Crippen molar-refractivity contribution in [3.8, 4) is 0 Å². The quantitative estimate of drug-likeness (QED) is 0.745. The summed E-state index contributed by atoms with van der Waals surface area (Å²) in [5.41, 5.74) is 1.75. The summed E-state index contributed by atoms with van der Waals surface area (Å²) < 4.78 is 18.7. The van der Waals surface area contributed by atoms with Crippen molar-refractivity contribution >= 4 is 34.3 Å². The molecular formula is C15H11ClFN3O2. The Morgan fingerprint density at radius 3 is 3.00 bits per heavy atom. The Kier molecular flexibility index (Phi) is 3.77. The van der Waals surface area contributed by atoms with Crippen LogP contribution < -0.4 is 5.32 Å². The lowest BCUT2D eigenvalue weighted by Crippen LogP contribution is -2.13. The van der Waals surface area contributed by atoms with Crippen molar-refractivity contribution in [2.24, 2.45) is 0 Å². The summed E-state index contributed by atoms with van der Waals surface area (Å²) >= 11 is 5.81. The number of nitrogens with zero attached hydrogens (tertiary/aromatic N) is 2. The number of aromatic nitrogens is 2. The molecule has 0 aliphatic carbocycles. The summed E-state index contributed by atoms with van der Waals surface area (Å²) in [6.45, 7) is 1.94. The number of benzene rings is 1. The molecular weight excluding hydrogens is 309 g/mol. The van der Waals surface area contributed by atoms with Crippen molar-refractivity contribution in [3.05, 3.63) is 52.9 Å². The van der Waals surface area contributed by atoms with Crippen LogP contribution in [0.5, 0.6) is 0 Å². The lowest BCUT2D eigenvalue weighted by Gasteiger charge is -2.06. The van der Waals surface area contributed by atoms with Crippen LogP contribution in [0.25, 0.3) is 11.1 Å². The van der Waals surface area contributed by atoms with E-state index in [1.54, 1.807) is 18.2 Å². The molecule has 0 aliphatic rings. The Morgan fingerprint density at radius 2 is 2.23 bits per heavy atom. The molecule has 0 spiro atoms. The zero-order valence-corrected chi connectivity index (χ0v) is 12.3. The van der Waals surface area contributed by atoms with Crippen molar-refractivity contribution < 1.29 is 13.6 Å². The molecule has 0 radical (unpaired) electrons. The van der Waals surface area contributed by atoms with Gasteiger partial charge in [-0.05, 0) is 24.3 Å². The fourth-order valence-corrected chi connectivity index (χ4v) is 2.17. The first-order chi connectivity index (χ1) is 10.6. The van der Waals surface area contributed by atoms with Crippen LogP contribution in [0.1, 0.15) is 23.2 Å². The average molecular weight is 320 g/mol. The summed E-state index contributed by atoms with van der Waals surface area (Å²) in [5.74, 6) is -0.555. The maximum absolute atomic E-state index is 13.2. The Bertz CT molecular complexity index is 863. The van der Waals surface area contributed by atoms with E-state index in [9.17, 15) is 9.18 Å². The second-order valence-corrected chi connectivity index (χ2v) is 4.95. The molecule has 0 aliphatic heterocycles. The van der Waals surface area contributed by atoms with Crippen molar-refractivity contribution in [3.63, 3.8) is 0 Å². The molecule has 0 fully saturated rings. The van der Waals surface area contributed by atoms with Gasteiger partial charge in [-0.3, -0.25) is 4.79 Å². The third-order valence-corrected chi connectivity index (χ3v) is 3.34. The number of anilines is 1. The molecule has 0 bridgehead atoms. The molecule has 0 unspecified atom stereocenters. The fraction of sp³-hybridized carbons (Fsp3) is 0.133. The zero-order valence-electron chi connectivity index (χ0n) is 11.6. The average Bonchev–Trinajstić information content (AvgIpc) is 2.92. The van der Waals surface area contributed by atoms with E-state index >= 15 is 0 Å². The van der Waals surface area contributed by atoms with Gasteiger partial charge in [0.2, 0.25) is 0 Å². The molecule has 2 heterocycles. The molecule has 5 nitrogen and oxygen atoms in total. The minimum Gasteiger partial charge on any atom is -0.441 e. The summed E-state index contributed by atoms with van der Waals surface area (Å²) in [6.07, 6.45) is 1.63. The van der Waals surface area contributed by atoms with E-state index in [0.29, 0.717) is 29.1 Å². The molecule has 112 valence electrons. The van der Waals surface area contributed by atoms with Crippen LogP contribution >= 0.6 is 11.6 Å². The van der Waals surface area contributed by atoms with E-state index in [-0.39, 0.29) is 10.7 Å². The molecule has 2 aromatic heterocycles. The summed E-state index contributed by atoms with van der Waals surface area (Å²) in [5, 5.41) is 2.57. The maximum Gasteiger partial charge on any atom is 0.258 e. The Hall–Kier alpha value is -2.47. The maximum atomic E-state index is 13.2. The summed E-state index contributed by atoms with van der Waals surface area (Å²) in [4.78, 5) is 20.0. The van der Waals surface area contributed by atoms with Crippen molar-refractivity contribution in [2.45, 2.75) is 13.3 Å². The second-order valence-electron chi connectivity index (χ2n) is 4.59. The first-order valence-electron chi connectivity index (χ1n) is 6.58. The zero-order chi connectivity index (χ0) is 15.7. The van der Waals surface area contributed by atoms with Crippen molar-refractivity contribution in [2.75, 3.05) is 5.32 Å². The Labute approximate surface area is 130 Å². The van der Waals surface area contributed by atoms with Gasteiger partial charge in [-0.25, -0.2) is 14.4 Å². The molecule has 1 amide bonds. The number of halogens is 2. The highest BCUT2D eigenvalue weighted by molar-refractivity contribution is 6.33. The third-order valence-electron chi connectivity index (χ3n) is 3.04. The minimum atomic E-state index is -0.630. The van der Waals surface area contributed by atoms with Gasteiger partial charge in [-0.1, -0.05) is 18.5 Å². The van der Waals surface area contributed by atoms with Gasteiger partial charge >= 0.3 is 0 Å². The number of nitrogens with one attached hydrogen (secondary N) is 1. The van der Waals surface area contributed by atoms with Gasteiger partial charge in [0.25, 0.3) is 5.91 Å². The molecule has 3 aromatic rings. The van der Waals surface area contributed by atoms with Gasteiger partial charge in [0.1, 0.15) is 16.5 Å². The number of pyridine rings is 1. The molecule has 0 saturated carbocycles. The predicted molar refractivity (Wildman–Crippen MR) is 80.5 cm³/mol. The number of carbonyl (C=O) groups excluding carboxylic acids is 1. The van der Waals surface area contributed by atoms with Crippen LogP contribution in [-0.4, -0.2) is 15.9 Å². The van der Waals surface area contributed by atoms with Gasteiger partial charge in [0, 0.05) is 12.1 Å². The van der Waals surface area contributed by atoms with Crippen LogP contribution in [0, 0.1) is 5.82 Å². The normalized spacial score (nSPS) is 10.9. The van der Waals surface area contributed by atoms with Crippen LogP contribution in [0.3, 0.4) is 0 Å². The minimum absolute atomic E-state index is 0.0313. The van der Waals surface area contributed by atoms with Gasteiger partial charge in [0.05, 0.1) is 11.8 Å². The first-order valence-corrected chi connectivity index (χ1v) is 6.96. The molecule has 1 N–H and O–H groups in total. The summed E-state index contributed by atoms with van der Waals surface area (Å²) in [6, 6.07) is 6.10. The predicted octanol–water partition coefficient (Wildman–Crippen LogP) is 3.83. The van der Waals surface area contributed by atoms with Gasteiger partial charge in [-0.15, -0.1) is 0 Å². The smallest absolute Gasteiger partial charge is 0.258 e. The second kappa shape index (κ2) is 5.73. The molecule has 7 heteroatoms. The SMILES string of the molecule is CCc1nc2cc(NC(=O)c3cc(F)cnc3Cl)ccc2o1. The largest absolute Gasteiger partial charge is 0.441 e. The highest BCUT2D eigenvalue weighted by Crippen LogP contribution is 2.22. The lowest BCUT2D eigenvalue weighted by atomic mass is 10.2. The van der Waals surface area contributed by atoms with Crippen molar-refractivity contribution in [1.82, 2.24) is 9.97 Å². The van der Waals surface area contributed by atoms with E-state index in [2.05, 4.69) is 15.3 Å². The van der Waals surface area contributed by atoms with E-state index in [1.165, 1.54) is 0 Å². The van der Waals surface area contributed by atoms with Crippen molar-refractivity contribution in [1.29, 1.82) is 0 Å². The highest BCUT2D eigenvalue weighted by atomic mass is 35.5. The number of oxazole rings is 1. The first kappa shape index (κ1) is 14.5. The number of carbonyl (C=O) groups is 1. The van der Waals surface area contributed by atoms with Crippen LogP contribution in [0.2, 0.25) is 5.15 Å². The number of rotatable bonds is 3. The van der Waals surface area contributed by atoms with E-state index < -0.39 is 11.7 Å². The van der Waals surface area contributed by atoms with Crippen LogP contribution in [-0.2, 0) is 6.42 Å². The third kappa shape index (κ3) is 2.78. The highest BCUT2D eigenvalue weighted by Gasteiger charge is 2.14. The van der Waals surface area contributed by atoms with E-state index in [0.717, 1.165) is 12.3 Å². The number of fused-ring (bicyclic) bond motifs is 1. The molecule has 0 saturated heterocycles. The molecule has 3 rings (SSSR count). The number of hydrogen-bond donors (Lipinski definition) is 1. The van der Waals surface area contributed by atoms with E-state index in [4.69, 9.17) is 16.0 Å². The van der Waals surface area contributed by atoms with E-state index in [1.807, 2.05) is 6.92 Å². The monoisotopic (exact) mass is 319 g/mol. The van der Waals surface area contributed by atoms with Gasteiger partial charge < -0.3 is 9.73 Å². The fourth-order valence-electron chi connectivity index (χ4n) is 1.98. The molecule has 22 heavy (non-hydrogen) atoms. The standard InChI is InChI=1S/C15H11ClFN3O2/c1-2-13-20-11-6-9(3-4-12(11)22-13)19-15(21)10-5-8(17)7-18-14(10)16/h3-7H,2H2,1H3,(H,19,21). The topological polar surface area (TPSA) is 68.0 Å². The van der Waals surface area contributed by atoms with Gasteiger partial charge in [-0.2, -0.15) is 0 Å². The summed E-state index contributed by atoms with van der Waals surface area (Å²) in [7, 11) is 0. The molecule has 0 atom stereocenters. The number of hydrogen-bond acceptors (Lipinski definition) is 4. The Morgan fingerprint density at radius 1 is 1.41 bits per heavy atom. The molecule has 1 aromatic carbocycles. The number of aryl methyl sites for hydroxylation is 1.